The minimum Gasteiger partial charge on any atom is -0.508 e. The summed E-state index contributed by atoms with van der Waals surface area (Å²) in [6.07, 6.45) is 2.57. The lowest BCUT2D eigenvalue weighted by Gasteiger charge is -2.12. The van der Waals surface area contributed by atoms with E-state index in [9.17, 15) is 5.11 Å². The van der Waals surface area contributed by atoms with Gasteiger partial charge in [-0.15, -0.1) is 24.0 Å². The van der Waals surface area contributed by atoms with E-state index in [1.165, 1.54) is 0 Å². The number of rotatable bonds is 7. The number of aromatic nitrogens is 1. The molecular formula is C18H24ClIN4O2. The number of phenolic OH excluding ortho intramolecular Hbond substituents is 1. The molecule has 0 spiro atoms. The van der Waals surface area contributed by atoms with Gasteiger partial charge in [0.15, 0.2) is 5.96 Å². The van der Waals surface area contributed by atoms with E-state index in [-0.39, 0.29) is 29.7 Å². The fraction of sp³-hybridized carbons (Fsp3) is 0.333. The van der Waals surface area contributed by atoms with Crippen molar-refractivity contribution in [3.8, 4) is 11.5 Å². The van der Waals surface area contributed by atoms with Crippen LogP contribution in [0.4, 0.5) is 0 Å². The molecule has 0 fully saturated rings. The molecule has 8 heteroatoms. The Morgan fingerprint density at radius 1 is 1.27 bits per heavy atom. The summed E-state index contributed by atoms with van der Waals surface area (Å²) in [6, 6.07) is 8.84. The molecule has 1 aromatic carbocycles. The van der Waals surface area contributed by atoms with Crippen molar-refractivity contribution in [2.24, 2.45) is 4.99 Å². The van der Waals surface area contributed by atoms with Crippen LogP contribution in [0.1, 0.15) is 18.1 Å². The zero-order valence-corrected chi connectivity index (χ0v) is 17.9. The van der Waals surface area contributed by atoms with Crippen LogP contribution in [-0.4, -0.2) is 36.2 Å². The highest BCUT2D eigenvalue weighted by atomic mass is 127. The highest BCUT2D eigenvalue weighted by Gasteiger charge is 2.04. The molecule has 142 valence electrons. The highest BCUT2D eigenvalue weighted by molar-refractivity contribution is 14.0. The van der Waals surface area contributed by atoms with Crippen molar-refractivity contribution in [1.29, 1.82) is 0 Å². The normalized spacial score (nSPS) is 10.8. The average Bonchev–Trinajstić information content (AvgIpc) is 2.62. The standard InChI is InChI=1S/C18H23ClN4O2.HI/c1-3-20-18(21-9-8-13-4-7-17(19)22-11-13)23-12-14-10-15(25-2)5-6-16(14)24;/h4-7,10-11,24H,3,8-9,12H2,1-2H3,(H2,20,21,23);1H. The molecule has 3 N–H and O–H groups in total. The first-order valence-electron chi connectivity index (χ1n) is 8.11. The number of halogens is 2. The van der Waals surface area contributed by atoms with Gasteiger partial charge in [-0.05, 0) is 43.2 Å². The maximum Gasteiger partial charge on any atom is 0.191 e. The molecule has 2 aromatic rings. The number of ether oxygens (including phenoxy) is 1. The van der Waals surface area contributed by atoms with Gasteiger partial charge in [0.05, 0.1) is 13.7 Å². The maximum absolute atomic E-state index is 9.94. The topological polar surface area (TPSA) is 78.8 Å². The van der Waals surface area contributed by atoms with Crippen LogP contribution < -0.4 is 15.4 Å². The summed E-state index contributed by atoms with van der Waals surface area (Å²) in [6.45, 7) is 3.81. The summed E-state index contributed by atoms with van der Waals surface area (Å²) >= 11 is 5.79. The molecular weight excluding hydrogens is 467 g/mol. The van der Waals surface area contributed by atoms with E-state index >= 15 is 0 Å². The number of phenols is 1. The van der Waals surface area contributed by atoms with E-state index in [0.29, 0.717) is 35.5 Å². The summed E-state index contributed by atoms with van der Waals surface area (Å²) in [4.78, 5) is 8.57. The second-order valence-electron chi connectivity index (χ2n) is 5.36. The van der Waals surface area contributed by atoms with E-state index in [1.807, 2.05) is 13.0 Å². The zero-order valence-electron chi connectivity index (χ0n) is 14.8. The Hall–Kier alpha value is -1.74. The van der Waals surface area contributed by atoms with Crippen molar-refractivity contribution in [3.05, 3.63) is 52.8 Å². The molecule has 0 aliphatic carbocycles. The SMILES string of the molecule is CCNC(=NCc1cc(OC)ccc1O)NCCc1ccc(Cl)nc1.I. The number of guanidine groups is 1. The van der Waals surface area contributed by atoms with Gasteiger partial charge in [0.1, 0.15) is 16.7 Å². The van der Waals surface area contributed by atoms with Gasteiger partial charge in [0.25, 0.3) is 0 Å². The summed E-state index contributed by atoms with van der Waals surface area (Å²) in [7, 11) is 1.59. The molecule has 0 saturated carbocycles. The quantitative estimate of drug-likeness (QED) is 0.240. The molecule has 1 heterocycles. The predicted octanol–water partition coefficient (Wildman–Crippen LogP) is 3.37. The summed E-state index contributed by atoms with van der Waals surface area (Å²) in [5.74, 6) is 1.58. The monoisotopic (exact) mass is 490 g/mol. The van der Waals surface area contributed by atoms with Crippen molar-refractivity contribution >= 4 is 41.5 Å². The van der Waals surface area contributed by atoms with Crippen molar-refractivity contribution < 1.29 is 9.84 Å². The summed E-state index contributed by atoms with van der Waals surface area (Å²) in [5, 5.41) is 16.9. The molecule has 0 unspecified atom stereocenters. The first-order valence-corrected chi connectivity index (χ1v) is 8.48. The number of hydrogen-bond donors (Lipinski definition) is 3. The van der Waals surface area contributed by atoms with Gasteiger partial charge in [-0.3, -0.25) is 0 Å². The number of nitrogens with zero attached hydrogens (tertiary/aromatic N) is 2. The van der Waals surface area contributed by atoms with Gasteiger partial charge in [-0.1, -0.05) is 17.7 Å². The van der Waals surface area contributed by atoms with Gasteiger partial charge in [0.2, 0.25) is 0 Å². The fourth-order valence-corrected chi connectivity index (χ4v) is 2.31. The van der Waals surface area contributed by atoms with Crippen LogP contribution in [0.3, 0.4) is 0 Å². The van der Waals surface area contributed by atoms with Crippen LogP contribution >= 0.6 is 35.6 Å². The fourth-order valence-electron chi connectivity index (χ4n) is 2.20. The number of methoxy groups -OCH3 is 1. The van der Waals surface area contributed by atoms with Crippen LogP contribution in [0.5, 0.6) is 11.5 Å². The smallest absolute Gasteiger partial charge is 0.191 e. The lowest BCUT2D eigenvalue weighted by atomic mass is 10.2. The zero-order chi connectivity index (χ0) is 18.1. The van der Waals surface area contributed by atoms with E-state index in [2.05, 4.69) is 20.6 Å². The maximum atomic E-state index is 9.94. The van der Waals surface area contributed by atoms with Crippen LogP contribution in [0, 0.1) is 0 Å². The van der Waals surface area contributed by atoms with Gasteiger partial charge in [-0.2, -0.15) is 0 Å². The van der Waals surface area contributed by atoms with Gasteiger partial charge >= 0.3 is 0 Å². The van der Waals surface area contributed by atoms with Crippen molar-refractivity contribution in [2.45, 2.75) is 19.9 Å². The van der Waals surface area contributed by atoms with Crippen molar-refractivity contribution in [3.63, 3.8) is 0 Å². The Kier molecular flexibility index (Phi) is 10.1. The summed E-state index contributed by atoms with van der Waals surface area (Å²) in [5.41, 5.74) is 1.80. The molecule has 1 aromatic heterocycles. The van der Waals surface area contributed by atoms with E-state index < -0.39 is 0 Å². The van der Waals surface area contributed by atoms with E-state index in [1.54, 1.807) is 37.6 Å². The van der Waals surface area contributed by atoms with Crippen molar-refractivity contribution in [1.82, 2.24) is 15.6 Å². The molecule has 6 nitrogen and oxygen atoms in total. The number of nitrogens with one attached hydrogen (secondary N) is 2. The molecule has 0 aliphatic rings. The van der Waals surface area contributed by atoms with Gasteiger partial charge < -0.3 is 20.5 Å². The molecule has 26 heavy (non-hydrogen) atoms. The number of pyridine rings is 1. The third kappa shape index (κ3) is 7.25. The largest absolute Gasteiger partial charge is 0.508 e. The van der Waals surface area contributed by atoms with Crippen LogP contribution in [0.2, 0.25) is 5.15 Å². The molecule has 0 saturated heterocycles. The Bertz CT molecular complexity index is 711. The first-order chi connectivity index (χ1) is 12.1. The first kappa shape index (κ1) is 22.3. The second-order valence-corrected chi connectivity index (χ2v) is 5.74. The lowest BCUT2D eigenvalue weighted by Crippen LogP contribution is -2.38. The third-order valence-electron chi connectivity index (χ3n) is 3.53. The molecule has 0 amide bonds. The highest BCUT2D eigenvalue weighted by Crippen LogP contribution is 2.23. The van der Waals surface area contributed by atoms with Crippen LogP contribution in [0.25, 0.3) is 0 Å². The van der Waals surface area contributed by atoms with Crippen LogP contribution in [-0.2, 0) is 13.0 Å². The minimum absolute atomic E-state index is 0. The number of aromatic hydroxyl groups is 1. The van der Waals surface area contributed by atoms with Gasteiger partial charge in [-0.25, -0.2) is 9.98 Å². The average molecular weight is 491 g/mol. The number of aliphatic imine (C=N–C) groups is 1. The molecule has 0 atom stereocenters. The second kappa shape index (κ2) is 11.8. The molecule has 0 bridgehead atoms. The van der Waals surface area contributed by atoms with E-state index in [4.69, 9.17) is 16.3 Å². The van der Waals surface area contributed by atoms with Crippen molar-refractivity contribution in [2.75, 3.05) is 20.2 Å². The lowest BCUT2D eigenvalue weighted by molar-refractivity contribution is 0.411. The minimum atomic E-state index is 0. The Morgan fingerprint density at radius 3 is 2.73 bits per heavy atom. The Morgan fingerprint density at radius 2 is 2.08 bits per heavy atom. The Balaban J connectivity index is 0.00000338. The summed E-state index contributed by atoms with van der Waals surface area (Å²) < 4.78 is 5.18. The predicted molar refractivity (Wildman–Crippen MR) is 116 cm³/mol. The van der Waals surface area contributed by atoms with Gasteiger partial charge in [0, 0.05) is 24.8 Å². The number of benzene rings is 1. The van der Waals surface area contributed by atoms with Crippen LogP contribution in [0.15, 0.2) is 41.5 Å². The molecule has 0 aliphatic heterocycles. The number of hydrogen-bond acceptors (Lipinski definition) is 4. The molecule has 2 rings (SSSR count). The Labute approximate surface area is 176 Å². The van der Waals surface area contributed by atoms with E-state index in [0.717, 1.165) is 18.5 Å². The third-order valence-corrected chi connectivity index (χ3v) is 3.76. The molecule has 0 radical (unpaired) electrons.